The van der Waals surface area contributed by atoms with Crippen molar-refractivity contribution in [3.63, 3.8) is 0 Å². The highest BCUT2D eigenvalue weighted by Gasteiger charge is 2.34. The van der Waals surface area contributed by atoms with Crippen LogP contribution in [0.1, 0.15) is 33.1 Å². The number of hydrogen-bond acceptors (Lipinski definition) is 2. The Bertz CT molecular complexity index is 120. The van der Waals surface area contributed by atoms with E-state index in [1.807, 2.05) is 6.92 Å². The molecule has 2 nitrogen and oxygen atoms in total. The molecule has 2 heteroatoms. The molecule has 0 heterocycles. The highest BCUT2D eigenvalue weighted by molar-refractivity contribution is 4.87. The molecular formula is C8H16O2. The molecule has 2 N–H and O–H groups in total. The van der Waals surface area contributed by atoms with Crippen LogP contribution in [-0.4, -0.2) is 21.9 Å². The summed E-state index contributed by atoms with van der Waals surface area (Å²) < 4.78 is 0. The lowest BCUT2D eigenvalue weighted by molar-refractivity contribution is -0.0685. The SMILES string of the molecule is C[C@@H]1CC[C@@H](O)C[C@@]1(C)O. The number of aliphatic hydroxyl groups is 2. The average molecular weight is 144 g/mol. The van der Waals surface area contributed by atoms with Gasteiger partial charge in [-0.25, -0.2) is 0 Å². The summed E-state index contributed by atoms with van der Waals surface area (Å²) >= 11 is 0. The van der Waals surface area contributed by atoms with Crippen LogP contribution >= 0.6 is 0 Å². The molecule has 0 aromatic heterocycles. The van der Waals surface area contributed by atoms with Crippen molar-refractivity contribution >= 4 is 0 Å². The van der Waals surface area contributed by atoms with Crippen molar-refractivity contribution < 1.29 is 10.2 Å². The lowest BCUT2D eigenvalue weighted by atomic mass is 9.76. The Morgan fingerprint density at radius 1 is 1.40 bits per heavy atom. The molecule has 0 spiro atoms. The second-order valence-electron chi connectivity index (χ2n) is 3.69. The highest BCUT2D eigenvalue weighted by Crippen LogP contribution is 2.32. The molecule has 3 atom stereocenters. The summed E-state index contributed by atoms with van der Waals surface area (Å²) in [5.41, 5.74) is -0.641. The van der Waals surface area contributed by atoms with Crippen molar-refractivity contribution in [2.45, 2.75) is 44.8 Å². The minimum absolute atomic E-state index is 0.286. The van der Waals surface area contributed by atoms with E-state index < -0.39 is 5.60 Å². The summed E-state index contributed by atoms with van der Waals surface area (Å²) in [5.74, 6) is 0.330. The smallest absolute Gasteiger partial charge is 0.0669 e. The molecule has 1 fully saturated rings. The molecule has 1 aliphatic carbocycles. The summed E-state index contributed by atoms with van der Waals surface area (Å²) in [6, 6.07) is 0. The van der Waals surface area contributed by atoms with Gasteiger partial charge >= 0.3 is 0 Å². The van der Waals surface area contributed by atoms with E-state index in [1.165, 1.54) is 0 Å². The van der Waals surface area contributed by atoms with Crippen LogP contribution in [0.5, 0.6) is 0 Å². The van der Waals surface area contributed by atoms with Crippen LogP contribution in [0.25, 0.3) is 0 Å². The second kappa shape index (κ2) is 2.51. The molecule has 0 radical (unpaired) electrons. The van der Waals surface area contributed by atoms with Crippen LogP contribution in [0.2, 0.25) is 0 Å². The molecule has 0 bridgehead atoms. The second-order valence-corrected chi connectivity index (χ2v) is 3.69. The Morgan fingerprint density at radius 3 is 2.40 bits per heavy atom. The van der Waals surface area contributed by atoms with Gasteiger partial charge in [-0.15, -0.1) is 0 Å². The molecule has 1 aliphatic rings. The zero-order valence-corrected chi connectivity index (χ0v) is 6.67. The Morgan fingerprint density at radius 2 is 2.00 bits per heavy atom. The molecule has 0 amide bonds. The van der Waals surface area contributed by atoms with Gasteiger partial charge in [-0.05, 0) is 25.7 Å². The molecular weight excluding hydrogens is 128 g/mol. The third-order valence-electron chi connectivity index (χ3n) is 2.64. The predicted octanol–water partition coefficient (Wildman–Crippen LogP) is 0.918. The monoisotopic (exact) mass is 144 g/mol. The van der Waals surface area contributed by atoms with Gasteiger partial charge in [0.25, 0.3) is 0 Å². The fourth-order valence-corrected chi connectivity index (χ4v) is 1.53. The van der Waals surface area contributed by atoms with Crippen LogP contribution < -0.4 is 0 Å². The molecule has 1 rings (SSSR count). The first-order valence-electron chi connectivity index (χ1n) is 3.93. The third-order valence-corrected chi connectivity index (χ3v) is 2.64. The van der Waals surface area contributed by atoms with Crippen molar-refractivity contribution in [1.29, 1.82) is 0 Å². The Balaban J connectivity index is 2.55. The molecule has 0 unspecified atom stereocenters. The maximum absolute atomic E-state index is 9.65. The lowest BCUT2D eigenvalue weighted by Gasteiger charge is -2.37. The largest absolute Gasteiger partial charge is 0.393 e. The van der Waals surface area contributed by atoms with Gasteiger partial charge in [0.05, 0.1) is 11.7 Å². The molecule has 10 heavy (non-hydrogen) atoms. The van der Waals surface area contributed by atoms with E-state index in [0.29, 0.717) is 12.3 Å². The van der Waals surface area contributed by atoms with Crippen LogP contribution in [0.15, 0.2) is 0 Å². The van der Waals surface area contributed by atoms with Gasteiger partial charge in [0.1, 0.15) is 0 Å². The maximum Gasteiger partial charge on any atom is 0.0669 e. The standard InChI is InChI=1S/C8H16O2/c1-6-3-4-7(9)5-8(6,2)10/h6-7,9-10H,3-5H2,1-2H3/t6-,7-,8-/m1/s1. The van der Waals surface area contributed by atoms with Gasteiger partial charge in [-0.1, -0.05) is 6.92 Å². The lowest BCUT2D eigenvalue weighted by Crippen LogP contribution is -2.41. The van der Waals surface area contributed by atoms with E-state index in [2.05, 4.69) is 0 Å². The predicted molar refractivity (Wildman–Crippen MR) is 39.6 cm³/mol. The molecule has 0 saturated heterocycles. The van der Waals surface area contributed by atoms with Gasteiger partial charge < -0.3 is 10.2 Å². The molecule has 1 saturated carbocycles. The number of rotatable bonds is 0. The first kappa shape index (κ1) is 8.02. The van der Waals surface area contributed by atoms with Crippen LogP contribution in [-0.2, 0) is 0 Å². The first-order valence-corrected chi connectivity index (χ1v) is 3.93. The summed E-state index contributed by atoms with van der Waals surface area (Å²) in [5, 5.41) is 18.9. The summed E-state index contributed by atoms with van der Waals surface area (Å²) in [6.07, 6.45) is 2.03. The van der Waals surface area contributed by atoms with E-state index >= 15 is 0 Å². The Hall–Kier alpha value is -0.0800. The van der Waals surface area contributed by atoms with Gasteiger partial charge in [0.15, 0.2) is 0 Å². The zero-order chi connectivity index (χ0) is 7.78. The minimum Gasteiger partial charge on any atom is -0.393 e. The van der Waals surface area contributed by atoms with E-state index in [-0.39, 0.29) is 6.10 Å². The zero-order valence-electron chi connectivity index (χ0n) is 6.67. The quantitative estimate of drug-likeness (QED) is 0.530. The fraction of sp³-hybridized carbons (Fsp3) is 1.00. The normalized spacial score (nSPS) is 49.2. The van der Waals surface area contributed by atoms with E-state index in [0.717, 1.165) is 12.8 Å². The van der Waals surface area contributed by atoms with Crippen molar-refractivity contribution in [3.05, 3.63) is 0 Å². The summed E-state index contributed by atoms with van der Waals surface area (Å²) in [6.45, 7) is 3.84. The number of hydrogen-bond donors (Lipinski definition) is 2. The maximum atomic E-state index is 9.65. The first-order chi connectivity index (χ1) is 4.52. The molecule has 0 aromatic carbocycles. The van der Waals surface area contributed by atoms with Gasteiger partial charge in [0.2, 0.25) is 0 Å². The minimum atomic E-state index is -0.641. The highest BCUT2D eigenvalue weighted by atomic mass is 16.3. The van der Waals surface area contributed by atoms with Crippen molar-refractivity contribution in [3.8, 4) is 0 Å². The van der Waals surface area contributed by atoms with Gasteiger partial charge in [-0.3, -0.25) is 0 Å². The van der Waals surface area contributed by atoms with Crippen molar-refractivity contribution in [2.24, 2.45) is 5.92 Å². The van der Waals surface area contributed by atoms with E-state index in [9.17, 15) is 10.2 Å². The topological polar surface area (TPSA) is 40.5 Å². The van der Waals surface area contributed by atoms with Crippen LogP contribution in [0.4, 0.5) is 0 Å². The third kappa shape index (κ3) is 1.50. The van der Waals surface area contributed by atoms with E-state index in [4.69, 9.17) is 0 Å². The average Bonchev–Trinajstić information content (AvgIpc) is 1.78. The summed E-state index contributed by atoms with van der Waals surface area (Å²) in [4.78, 5) is 0. The Kier molecular flexibility index (Phi) is 2.02. The van der Waals surface area contributed by atoms with Crippen LogP contribution in [0.3, 0.4) is 0 Å². The number of aliphatic hydroxyl groups excluding tert-OH is 1. The molecule has 0 aliphatic heterocycles. The van der Waals surface area contributed by atoms with Crippen LogP contribution in [0, 0.1) is 5.92 Å². The summed E-state index contributed by atoms with van der Waals surface area (Å²) in [7, 11) is 0. The van der Waals surface area contributed by atoms with Gasteiger partial charge in [-0.2, -0.15) is 0 Å². The fourth-order valence-electron chi connectivity index (χ4n) is 1.53. The van der Waals surface area contributed by atoms with Crippen molar-refractivity contribution in [2.75, 3.05) is 0 Å². The molecule has 0 aromatic rings. The van der Waals surface area contributed by atoms with Gasteiger partial charge in [0, 0.05) is 6.42 Å². The molecule has 60 valence electrons. The Labute approximate surface area is 61.9 Å². The van der Waals surface area contributed by atoms with Crippen molar-refractivity contribution in [1.82, 2.24) is 0 Å². The van der Waals surface area contributed by atoms with E-state index in [1.54, 1.807) is 6.92 Å².